The number of hydrogen-bond donors (Lipinski definition) is 0. The molecule has 1 heterocycles. The SMILES string of the molecule is Clc1ccc(Oc2nc3ccccc3nc2Cc2ccccc2)cc1. The molecule has 0 aliphatic rings. The molecule has 0 saturated heterocycles. The van der Waals surface area contributed by atoms with Gasteiger partial charge in [0.15, 0.2) is 0 Å². The summed E-state index contributed by atoms with van der Waals surface area (Å²) in [5.41, 5.74) is 3.63. The van der Waals surface area contributed by atoms with E-state index in [4.69, 9.17) is 21.3 Å². The molecular weight excluding hydrogens is 332 g/mol. The van der Waals surface area contributed by atoms with Crippen LogP contribution in [0, 0.1) is 0 Å². The minimum Gasteiger partial charge on any atom is -0.437 e. The smallest absolute Gasteiger partial charge is 0.242 e. The van der Waals surface area contributed by atoms with Crippen LogP contribution in [0.15, 0.2) is 78.9 Å². The number of aromatic nitrogens is 2. The Balaban J connectivity index is 1.76. The quantitative estimate of drug-likeness (QED) is 0.477. The second-order valence-corrected chi connectivity index (χ2v) is 6.12. The number of halogens is 1. The van der Waals surface area contributed by atoms with Crippen molar-refractivity contribution in [3.8, 4) is 11.6 Å². The highest BCUT2D eigenvalue weighted by Gasteiger charge is 2.12. The number of benzene rings is 3. The summed E-state index contributed by atoms with van der Waals surface area (Å²) in [5, 5.41) is 0.668. The third-order valence-corrected chi connectivity index (χ3v) is 4.10. The molecule has 0 spiro atoms. The van der Waals surface area contributed by atoms with Crippen molar-refractivity contribution in [2.75, 3.05) is 0 Å². The van der Waals surface area contributed by atoms with E-state index < -0.39 is 0 Å². The zero-order valence-electron chi connectivity index (χ0n) is 13.4. The lowest BCUT2D eigenvalue weighted by atomic mass is 10.1. The van der Waals surface area contributed by atoms with E-state index in [0.29, 0.717) is 23.1 Å². The van der Waals surface area contributed by atoms with E-state index in [0.717, 1.165) is 22.3 Å². The first-order valence-electron chi connectivity index (χ1n) is 8.01. The zero-order chi connectivity index (χ0) is 17.1. The Morgan fingerprint density at radius 1 is 0.720 bits per heavy atom. The van der Waals surface area contributed by atoms with Crippen LogP contribution in [0.5, 0.6) is 11.6 Å². The molecule has 0 aliphatic carbocycles. The average Bonchev–Trinajstić information content (AvgIpc) is 2.65. The second-order valence-electron chi connectivity index (χ2n) is 5.68. The van der Waals surface area contributed by atoms with Gasteiger partial charge >= 0.3 is 0 Å². The summed E-state index contributed by atoms with van der Waals surface area (Å²) < 4.78 is 6.01. The standard InChI is InChI=1S/C21H15ClN2O/c22-16-10-12-17(13-11-16)25-21-20(14-15-6-2-1-3-7-15)23-18-8-4-5-9-19(18)24-21/h1-13H,14H2. The average molecular weight is 347 g/mol. The molecule has 0 amide bonds. The Morgan fingerprint density at radius 3 is 2.08 bits per heavy atom. The van der Waals surface area contributed by atoms with Crippen LogP contribution in [0.2, 0.25) is 5.02 Å². The minimum absolute atomic E-state index is 0.518. The van der Waals surface area contributed by atoms with Crippen molar-refractivity contribution in [1.29, 1.82) is 0 Å². The van der Waals surface area contributed by atoms with Gasteiger partial charge in [0, 0.05) is 11.4 Å². The largest absolute Gasteiger partial charge is 0.437 e. The molecule has 0 unspecified atom stereocenters. The van der Waals surface area contributed by atoms with Crippen molar-refractivity contribution < 1.29 is 4.74 Å². The lowest BCUT2D eigenvalue weighted by Crippen LogP contribution is -2.00. The zero-order valence-corrected chi connectivity index (χ0v) is 14.1. The molecule has 0 N–H and O–H groups in total. The predicted octanol–water partition coefficient (Wildman–Crippen LogP) is 5.67. The monoisotopic (exact) mass is 346 g/mol. The van der Waals surface area contributed by atoms with E-state index in [9.17, 15) is 0 Å². The summed E-state index contributed by atoms with van der Waals surface area (Å²) in [4.78, 5) is 9.44. The van der Waals surface area contributed by atoms with Crippen LogP contribution >= 0.6 is 11.6 Å². The number of rotatable bonds is 4. The molecule has 4 aromatic rings. The van der Waals surface area contributed by atoms with Crippen molar-refractivity contribution >= 4 is 22.6 Å². The molecule has 0 atom stereocenters. The van der Waals surface area contributed by atoms with Crippen LogP contribution in [-0.4, -0.2) is 9.97 Å². The van der Waals surface area contributed by atoms with Gasteiger partial charge in [-0.05, 0) is 42.0 Å². The van der Waals surface area contributed by atoms with Gasteiger partial charge in [0.2, 0.25) is 5.88 Å². The highest BCUT2D eigenvalue weighted by Crippen LogP contribution is 2.27. The highest BCUT2D eigenvalue weighted by molar-refractivity contribution is 6.30. The molecule has 0 aliphatic heterocycles. The molecule has 4 rings (SSSR count). The minimum atomic E-state index is 0.518. The fourth-order valence-corrected chi connectivity index (χ4v) is 2.75. The van der Waals surface area contributed by atoms with Crippen LogP contribution in [0.3, 0.4) is 0 Å². The molecule has 0 saturated carbocycles. The fourth-order valence-electron chi connectivity index (χ4n) is 2.62. The van der Waals surface area contributed by atoms with E-state index in [1.54, 1.807) is 12.1 Å². The van der Waals surface area contributed by atoms with Gasteiger partial charge in [-0.2, -0.15) is 0 Å². The Labute approximate surface area is 150 Å². The van der Waals surface area contributed by atoms with Gasteiger partial charge in [0.05, 0.1) is 11.0 Å². The van der Waals surface area contributed by atoms with E-state index in [2.05, 4.69) is 17.1 Å². The maximum atomic E-state index is 6.01. The molecule has 0 bridgehead atoms. The first-order valence-corrected chi connectivity index (χ1v) is 8.39. The van der Waals surface area contributed by atoms with Crippen LogP contribution < -0.4 is 4.74 Å². The van der Waals surface area contributed by atoms with Gasteiger partial charge in [-0.15, -0.1) is 0 Å². The lowest BCUT2D eigenvalue weighted by Gasteiger charge is -2.11. The number of ether oxygens (including phenoxy) is 1. The first kappa shape index (κ1) is 15.6. The summed E-state index contributed by atoms with van der Waals surface area (Å²) in [7, 11) is 0. The summed E-state index contributed by atoms with van der Waals surface area (Å²) in [6.07, 6.45) is 0.654. The van der Waals surface area contributed by atoms with Gasteiger partial charge in [0.1, 0.15) is 11.4 Å². The van der Waals surface area contributed by atoms with E-state index in [1.807, 2.05) is 54.6 Å². The Morgan fingerprint density at radius 2 is 1.36 bits per heavy atom. The van der Waals surface area contributed by atoms with Crippen LogP contribution in [0.1, 0.15) is 11.3 Å². The van der Waals surface area contributed by atoms with Crippen LogP contribution in [0.25, 0.3) is 11.0 Å². The topological polar surface area (TPSA) is 35.0 Å². The summed E-state index contributed by atoms with van der Waals surface area (Å²) in [6.45, 7) is 0. The third-order valence-electron chi connectivity index (χ3n) is 3.85. The Bertz CT molecular complexity index is 1000. The van der Waals surface area contributed by atoms with Crippen molar-refractivity contribution in [3.05, 3.63) is 95.1 Å². The van der Waals surface area contributed by atoms with Crippen molar-refractivity contribution in [2.45, 2.75) is 6.42 Å². The summed E-state index contributed by atoms with van der Waals surface area (Å²) in [5.74, 6) is 1.20. The second kappa shape index (κ2) is 6.91. The van der Waals surface area contributed by atoms with Crippen molar-refractivity contribution in [3.63, 3.8) is 0 Å². The van der Waals surface area contributed by atoms with Gasteiger partial charge in [-0.25, -0.2) is 9.97 Å². The van der Waals surface area contributed by atoms with Gasteiger partial charge in [-0.1, -0.05) is 54.1 Å². The number of fused-ring (bicyclic) bond motifs is 1. The maximum Gasteiger partial charge on any atom is 0.242 e. The van der Waals surface area contributed by atoms with E-state index in [1.165, 1.54) is 0 Å². The predicted molar refractivity (Wildman–Crippen MR) is 100 cm³/mol. The lowest BCUT2D eigenvalue weighted by molar-refractivity contribution is 0.456. The maximum absolute atomic E-state index is 6.01. The molecule has 1 aromatic heterocycles. The molecular formula is C21H15ClN2O. The van der Waals surface area contributed by atoms with Crippen molar-refractivity contribution in [2.24, 2.45) is 0 Å². The first-order chi connectivity index (χ1) is 12.3. The molecule has 3 nitrogen and oxygen atoms in total. The number of nitrogens with zero attached hydrogens (tertiary/aromatic N) is 2. The molecule has 3 aromatic carbocycles. The number of hydrogen-bond acceptors (Lipinski definition) is 3. The molecule has 0 radical (unpaired) electrons. The fraction of sp³-hybridized carbons (Fsp3) is 0.0476. The van der Waals surface area contributed by atoms with Gasteiger partial charge in [-0.3, -0.25) is 0 Å². The van der Waals surface area contributed by atoms with E-state index >= 15 is 0 Å². The van der Waals surface area contributed by atoms with Gasteiger partial charge < -0.3 is 4.74 Å². The molecule has 0 fully saturated rings. The third kappa shape index (κ3) is 3.62. The summed E-state index contributed by atoms with van der Waals surface area (Å²) >= 11 is 5.95. The highest BCUT2D eigenvalue weighted by atomic mass is 35.5. The van der Waals surface area contributed by atoms with Gasteiger partial charge in [0.25, 0.3) is 0 Å². The Hall–Kier alpha value is -2.91. The normalized spacial score (nSPS) is 10.8. The molecule has 25 heavy (non-hydrogen) atoms. The molecule has 122 valence electrons. The summed E-state index contributed by atoms with van der Waals surface area (Å²) in [6, 6.07) is 25.2. The molecule has 4 heteroatoms. The Kier molecular flexibility index (Phi) is 4.32. The number of para-hydroxylation sites is 2. The van der Waals surface area contributed by atoms with Crippen LogP contribution in [0.4, 0.5) is 0 Å². The van der Waals surface area contributed by atoms with Crippen molar-refractivity contribution in [1.82, 2.24) is 9.97 Å². The van der Waals surface area contributed by atoms with E-state index in [-0.39, 0.29) is 0 Å². The van der Waals surface area contributed by atoms with Crippen LogP contribution in [-0.2, 0) is 6.42 Å².